The van der Waals surface area contributed by atoms with Crippen molar-refractivity contribution in [3.8, 4) is 0 Å². The molecule has 0 aliphatic rings. The van der Waals surface area contributed by atoms with Crippen molar-refractivity contribution in [2.24, 2.45) is 0 Å². The Bertz CT molecular complexity index is 19.0. The SMILES string of the molecule is O=[PH+]O.[H-].[H-].[Sr+2]. The normalized spacial score (nSPS) is 5.25. The molecule has 1 unspecified atom stereocenters. The van der Waals surface area contributed by atoms with Crippen LogP contribution < -0.4 is 0 Å². The molecule has 0 rings (SSSR count). The summed E-state index contributed by atoms with van der Waals surface area (Å²) in [6.45, 7) is 0. The number of hydrogen-bond donors (Lipinski definition) is 1. The average molecular weight is 155 g/mol. The molecule has 22 valence electrons. The molecule has 0 amide bonds. The molecule has 0 spiro atoms. The van der Waals surface area contributed by atoms with Gasteiger partial charge in [0.25, 0.3) is 0 Å². The van der Waals surface area contributed by atoms with Gasteiger partial charge in [-0.3, -0.25) is 0 Å². The van der Waals surface area contributed by atoms with Crippen molar-refractivity contribution in [1.82, 2.24) is 0 Å². The van der Waals surface area contributed by atoms with Crippen molar-refractivity contribution < 1.29 is 12.3 Å². The molecule has 0 saturated carbocycles. The Labute approximate surface area is 65.7 Å². The summed E-state index contributed by atoms with van der Waals surface area (Å²) >= 11 is 0. The van der Waals surface area contributed by atoms with Crippen LogP contribution in [0.15, 0.2) is 0 Å². The van der Waals surface area contributed by atoms with Crippen LogP contribution in [0.25, 0.3) is 0 Å². The van der Waals surface area contributed by atoms with Crippen LogP contribution >= 0.6 is 8.69 Å². The first-order valence-corrected chi connectivity index (χ1v) is 1.28. The summed E-state index contributed by atoms with van der Waals surface area (Å²) in [5.74, 6) is 0. The Morgan fingerprint density at radius 3 is 2.00 bits per heavy atom. The van der Waals surface area contributed by atoms with Gasteiger partial charge < -0.3 is 2.85 Å². The molecular weight excluding hydrogens is 151 g/mol. The maximum Gasteiger partial charge on any atom is 2.00 e. The Kier molecular flexibility index (Phi) is 20.1. The van der Waals surface area contributed by atoms with Crippen LogP contribution in [0.1, 0.15) is 2.85 Å². The summed E-state index contributed by atoms with van der Waals surface area (Å²) in [4.78, 5) is 7.04. The van der Waals surface area contributed by atoms with E-state index in [0.29, 0.717) is 0 Å². The molecule has 0 aliphatic heterocycles. The zero-order valence-electron chi connectivity index (χ0n) is 4.06. The molecule has 0 fully saturated rings. The predicted octanol–water partition coefficient (Wildman–Crippen LogP) is -0.238. The summed E-state index contributed by atoms with van der Waals surface area (Å²) < 4.78 is 8.51. The molecule has 4 heavy (non-hydrogen) atoms. The molecule has 1 atom stereocenters. The zero-order chi connectivity index (χ0) is 2.71. The first-order valence-electron chi connectivity index (χ1n) is 0.428. The van der Waals surface area contributed by atoms with Gasteiger partial charge in [-0.15, -0.1) is 0 Å². The van der Waals surface area contributed by atoms with Crippen molar-refractivity contribution in [2.75, 3.05) is 0 Å². The predicted molar refractivity (Wildman–Crippen MR) is 19.2 cm³/mol. The first-order chi connectivity index (χ1) is 1.41. The van der Waals surface area contributed by atoms with Crippen LogP contribution in [0.2, 0.25) is 0 Å². The van der Waals surface area contributed by atoms with Crippen molar-refractivity contribution in [1.29, 1.82) is 0 Å². The Morgan fingerprint density at radius 1 is 2.00 bits per heavy atom. The summed E-state index contributed by atoms with van der Waals surface area (Å²) in [6.07, 6.45) is 0. The van der Waals surface area contributed by atoms with Gasteiger partial charge in [0.1, 0.15) is 0 Å². The molecule has 0 aromatic rings. The fourth-order valence-electron chi connectivity index (χ4n) is 0. The van der Waals surface area contributed by atoms with Gasteiger partial charge in [0.2, 0.25) is 0 Å². The minimum atomic E-state index is -1.17. The molecular formula is H4O2PSr+. The maximum atomic E-state index is 8.51. The van der Waals surface area contributed by atoms with E-state index >= 15 is 0 Å². The van der Waals surface area contributed by atoms with Gasteiger partial charge in [0, 0.05) is 0 Å². The zero-order valence-corrected chi connectivity index (χ0v) is 6.54. The minimum absolute atomic E-state index is 0. The van der Waals surface area contributed by atoms with Crippen molar-refractivity contribution in [2.45, 2.75) is 0 Å². The van der Waals surface area contributed by atoms with Gasteiger partial charge in [-0.05, 0) is 4.57 Å². The monoisotopic (exact) mass is 155 g/mol. The second kappa shape index (κ2) is 8.82. The third-order valence-corrected chi connectivity index (χ3v) is 0. The molecule has 2 nitrogen and oxygen atoms in total. The van der Waals surface area contributed by atoms with Crippen LogP contribution in [0.5, 0.6) is 0 Å². The third kappa shape index (κ3) is 9.63. The van der Waals surface area contributed by atoms with E-state index in [9.17, 15) is 0 Å². The van der Waals surface area contributed by atoms with E-state index in [1.54, 1.807) is 0 Å². The molecule has 0 heterocycles. The summed E-state index contributed by atoms with van der Waals surface area (Å²) in [6, 6.07) is 0. The van der Waals surface area contributed by atoms with Crippen molar-refractivity contribution >= 4 is 54.2 Å². The van der Waals surface area contributed by atoms with E-state index in [0.717, 1.165) is 0 Å². The van der Waals surface area contributed by atoms with Gasteiger partial charge in [-0.2, -0.15) is 4.89 Å². The average Bonchev–Trinajstić information content (AvgIpc) is 0.918. The van der Waals surface area contributed by atoms with Gasteiger partial charge in [0.05, 0.1) is 0 Å². The topological polar surface area (TPSA) is 37.3 Å². The first kappa shape index (κ1) is 9.11. The van der Waals surface area contributed by atoms with Gasteiger partial charge >= 0.3 is 54.2 Å². The summed E-state index contributed by atoms with van der Waals surface area (Å²) in [5, 5.41) is 0. The van der Waals surface area contributed by atoms with Crippen LogP contribution in [-0.2, 0) is 4.57 Å². The molecule has 0 aromatic carbocycles. The third-order valence-electron chi connectivity index (χ3n) is 0. The molecule has 0 radical (unpaired) electrons. The van der Waals surface area contributed by atoms with E-state index < -0.39 is 8.69 Å². The fourth-order valence-corrected chi connectivity index (χ4v) is 0. The van der Waals surface area contributed by atoms with Crippen molar-refractivity contribution in [3.05, 3.63) is 0 Å². The maximum absolute atomic E-state index is 8.51. The van der Waals surface area contributed by atoms with Gasteiger partial charge in [-0.25, -0.2) is 0 Å². The standard InChI is InChI=1S/HO2P.Sr.2H/c1-3-2;;;/h3H;;;/q;+2;2*-1/p+1. The van der Waals surface area contributed by atoms with Crippen LogP contribution in [0.3, 0.4) is 0 Å². The quantitative estimate of drug-likeness (QED) is 0.387. The van der Waals surface area contributed by atoms with E-state index in [2.05, 4.69) is 0 Å². The Balaban J connectivity index is -0.00000000667. The smallest absolute Gasteiger partial charge is 1.00 e. The van der Waals surface area contributed by atoms with Gasteiger partial charge in [-0.1, -0.05) is 0 Å². The summed E-state index contributed by atoms with van der Waals surface area (Å²) in [5.41, 5.74) is 0. The Morgan fingerprint density at radius 2 is 2.00 bits per heavy atom. The second-order valence-electron chi connectivity index (χ2n) is 0.0913. The largest absolute Gasteiger partial charge is 2.00 e. The minimum Gasteiger partial charge on any atom is -1.00 e. The van der Waals surface area contributed by atoms with Crippen LogP contribution in [-0.4, -0.2) is 50.4 Å². The molecule has 4 heteroatoms. The second-order valence-corrected chi connectivity index (χ2v) is 0.274. The van der Waals surface area contributed by atoms with Crippen molar-refractivity contribution in [3.63, 3.8) is 0 Å². The van der Waals surface area contributed by atoms with E-state index in [1.807, 2.05) is 0 Å². The molecule has 0 bridgehead atoms. The number of hydrogen-bond acceptors (Lipinski definition) is 1. The summed E-state index contributed by atoms with van der Waals surface area (Å²) in [7, 11) is -1.17. The molecule has 0 aromatic heterocycles. The van der Waals surface area contributed by atoms with E-state index in [4.69, 9.17) is 9.46 Å². The molecule has 0 aliphatic carbocycles. The molecule has 0 saturated heterocycles. The fraction of sp³-hybridized carbons (Fsp3) is 0. The van der Waals surface area contributed by atoms with Crippen LogP contribution in [0, 0.1) is 0 Å². The van der Waals surface area contributed by atoms with Gasteiger partial charge in [0.15, 0.2) is 0 Å². The Hall–Kier alpha value is 1.54. The molecule has 1 N–H and O–H groups in total. The van der Waals surface area contributed by atoms with E-state index in [-0.39, 0.29) is 48.3 Å². The number of rotatable bonds is 0. The van der Waals surface area contributed by atoms with E-state index in [1.165, 1.54) is 0 Å². The van der Waals surface area contributed by atoms with Crippen LogP contribution in [0.4, 0.5) is 0 Å².